The third-order valence-corrected chi connectivity index (χ3v) is 5.91. The molecule has 0 radical (unpaired) electrons. The largest absolute Gasteiger partial charge is 0.445 e. The Morgan fingerprint density at radius 3 is 2.00 bits per heavy atom. The molecule has 0 fully saturated rings. The number of sulfonamides is 1. The first-order chi connectivity index (χ1) is 14.6. The molecule has 6 nitrogen and oxygen atoms in total. The molecule has 3 aromatic carbocycles. The van der Waals surface area contributed by atoms with Crippen molar-refractivity contribution in [3.63, 3.8) is 0 Å². The van der Waals surface area contributed by atoms with E-state index in [4.69, 9.17) is 21.5 Å². The Bertz CT molecular complexity index is 1240. The number of Topliss-reactive ketones (excluding diaryl/α,β-unsaturated/α-hetero) is 1. The molecule has 0 saturated heterocycles. The molecule has 0 aromatic heterocycles. The molecule has 8 heteroatoms. The molecule has 2 N–H and O–H groups in total. The third kappa shape index (κ3) is 5.38. The molecule has 0 bridgehead atoms. The minimum Gasteiger partial charge on any atom is -0.445 e. The van der Waals surface area contributed by atoms with Gasteiger partial charge in [-0.2, -0.15) is 0 Å². The topological polar surface area (TPSA) is 104 Å². The number of carbonyl (C=O) groups is 2. The molecular weight excluding hydrogens is 438 g/mol. The maximum atomic E-state index is 13.2. The molecule has 1 unspecified atom stereocenters. The summed E-state index contributed by atoms with van der Waals surface area (Å²) in [6.07, 6.45) is -1.25. The zero-order valence-corrected chi connectivity index (χ0v) is 18.4. The summed E-state index contributed by atoms with van der Waals surface area (Å²) in [5.41, 5.74) is 2.59. The summed E-state index contributed by atoms with van der Waals surface area (Å²) in [7, 11) is -4.06. The van der Waals surface area contributed by atoms with Crippen LogP contribution in [-0.2, 0) is 14.8 Å². The highest BCUT2D eigenvalue weighted by Crippen LogP contribution is 2.27. The number of hydrogen-bond acceptors (Lipinski definition) is 5. The van der Waals surface area contributed by atoms with Crippen molar-refractivity contribution in [2.24, 2.45) is 5.14 Å². The van der Waals surface area contributed by atoms with E-state index >= 15 is 0 Å². The Balaban J connectivity index is 2.01. The highest BCUT2D eigenvalue weighted by atomic mass is 35.5. The minimum absolute atomic E-state index is 0.0251. The smallest absolute Gasteiger partial charge is 0.340 e. The van der Waals surface area contributed by atoms with Crippen LogP contribution in [0.3, 0.4) is 0 Å². The summed E-state index contributed by atoms with van der Waals surface area (Å²) in [4.78, 5) is 25.8. The number of rotatable bonds is 6. The van der Waals surface area contributed by atoms with Crippen LogP contribution in [0.4, 0.5) is 0 Å². The maximum absolute atomic E-state index is 13.2. The standard InChI is InChI=1S/C23H20ClNO5S/c1-14-3-7-16(8-4-14)21(26)22(17-9-5-15(2)6-10-17)30-23(27)19-13-18(31(25,28)29)11-12-20(19)24/h3-13,22H,1-2H3,(H2,25,28,29). The van der Waals surface area contributed by atoms with E-state index in [0.29, 0.717) is 11.1 Å². The number of hydrogen-bond donors (Lipinski definition) is 1. The summed E-state index contributed by atoms with van der Waals surface area (Å²) in [5, 5.41) is 5.12. The van der Waals surface area contributed by atoms with Gasteiger partial charge in [0.05, 0.1) is 15.5 Å². The molecule has 0 heterocycles. The van der Waals surface area contributed by atoms with Crippen LogP contribution in [0.25, 0.3) is 0 Å². The molecule has 0 spiro atoms. The van der Waals surface area contributed by atoms with Gasteiger partial charge in [0.1, 0.15) is 0 Å². The fourth-order valence-corrected chi connectivity index (χ4v) is 3.63. The van der Waals surface area contributed by atoms with Gasteiger partial charge in [-0.1, -0.05) is 71.3 Å². The Hall–Kier alpha value is -3.00. The number of halogens is 1. The molecule has 31 heavy (non-hydrogen) atoms. The van der Waals surface area contributed by atoms with E-state index in [0.717, 1.165) is 17.2 Å². The van der Waals surface area contributed by atoms with Gasteiger partial charge in [-0.15, -0.1) is 0 Å². The van der Waals surface area contributed by atoms with Gasteiger partial charge < -0.3 is 4.74 Å². The van der Waals surface area contributed by atoms with Crippen LogP contribution in [0, 0.1) is 13.8 Å². The molecule has 3 rings (SSSR count). The van der Waals surface area contributed by atoms with Crippen LogP contribution >= 0.6 is 11.6 Å². The van der Waals surface area contributed by atoms with Gasteiger partial charge in [0.2, 0.25) is 15.8 Å². The first-order valence-corrected chi connectivity index (χ1v) is 11.2. The predicted molar refractivity (Wildman–Crippen MR) is 118 cm³/mol. The maximum Gasteiger partial charge on any atom is 0.340 e. The van der Waals surface area contributed by atoms with Crippen LogP contribution in [0.5, 0.6) is 0 Å². The van der Waals surface area contributed by atoms with Gasteiger partial charge in [-0.25, -0.2) is 18.4 Å². The van der Waals surface area contributed by atoms with E-state index in [2.05, 4.69) is 0 Å². The summed E-state index contributed by atoms with van der Waals surface area (Å²) in [6.45, 7) is 3.79. The van der Waals surface area contributed by atoms with Crippen molar-refractivity contribution in [3.05, 3.63) is 99.6 Å². The van der Waals surface area contributed by atoms with Crippen molar-refractivity contribution in [2.75, 3.05) is 0 Å². The van der Waals surface area contributed by atoms with Crippen molar-refractivity contribution >= 4 is 33.4 Å². The zero-order chi connectivity index (χ0) is 22.8. The second-order valence-corrected chi connectivity index (χ2v) is 9.08. The first kappa shape index (κ1) is 22.7. The summed E-state index contributed by atoms with van der Waals surface area (Å²) in [5.74, 6) is -1.36. The van der Waals surface area contributed by atoms with E-state index in [9.17, 15) is 18.0 Å². The quantitative estimate of drug-likeness (QED) is 0.436. The predicted octanol–water partition coefficient (Wildman–Crippen LogP) is 4.39. The number of ether oxygens (including phenoxy) is 1. The van der Waals surface area contributed by atoms with Gasteiger partial charge in [-0.3, -0.25) is 4.79 Å². The second kappa shape index (κ2) is 9.01. The minimum atomic E-state index is -4.06. The first-order valence-electron chi connectivity index (χ1n) is 9.27. The molecule has 3 aromatic rings. The van der Waals surface area contributed by atoms with Crippen molar-refractivity contribution in [3.8, 4) is 0 Å². The number of carbonyl (C=O) groups excluding carboxylic acids is 2. The molecule has 0 aliphatic rings. The lowest BCUT2D eigenvalue weighted by Gasteiger charge is -2.18. The highest BCUT2D eigenvalue weighted by molar-refractivity contribution is 7.89. The summed E-state index contributed by atoms with van der Waals surface area (Å²) >= 11 is 6.08. The molecule has 0 saturated carbocycles. The number of aryl methyl sites for hydroxylation is 2. The lowest BCUT2D eigenvalue weighted by Crippen LogP contribution is -2.21. The van der Waals surface area contributed by atoms with Crippen LogP contribution in [-0.4, -0.2) is 20.2 Å². The van der Waals surface area contributed by atoms with Gasteiger partial charge in [0.25, 0.3) is 0 Å². The van der Waals surface area contributed by atoms with Crippen molar-refractivity contribution < 1.29 is 22.7 Å². The Labute approximate surface area is 185 Å². The lowest BCUT2D eigenvalue weighted by molar-refractivity contribution is 0.0280. The average molecular weight is 458 g/mol. The Morgan fingerprint density at radius 2 is 1.45 bits per heavy atom. The molecule has 1 atom stereocenters. The molecule has 0 amide bonds. The van der Waals surface area contributed by atoms with Crippen molar-refractivity contribution in [1.82, 2.24) is 0 Å². The number of benzene rings is 3. The van der Waals surface area contributed by atoms with Gasteiger partial charge >= 0.3 is 5.97 Å². The Kier molecular flexibility index (Phi) is 6.59. The second-order valence-electron chi connectivity index (χ2n) is 7.11. The number of esters is 1. The van der Waals surface area contributed by atoms with E-state index < -0.39 is 27.9 Å². The SMILES string of the molecule is Cc1ccc(C(=O)C(OC(=O)c2cc(S(N)(=O)=O)ccc2Cl)c2ccc(C)cc2)cc1. The molecule has 0 aliphatic carbocycles. The lowest BCUT2D eigenvalue weighted by atomic mass is 9.98. The number of primary sulfonamides is 1. The van der Waals surface area contributed by atoms with Gasteiger partial charge in [-0.05, 0) is 32.0 Å². The molecule has 160 valence electrons. The third-order valence-electron chi connectivity index (χ3n) is 4.67. The molecular formula is C23H20ClNO5S. The fourth-order valence-electron chi connectivity index (χ4n) is 2.89. The highest BCUT2D eigenvalue weighted by Gasteiger charge is 2.28. The Morgan fingerprint density at radius 1 is 0.903 bits per heavy atom. The van der Waals surface area contributed by atoms with Crippen LogP contribution in [0.2, 0.25) is 5.02 Å². The van der Waals surface area contributed by atoms with E-state index in [-0.39, 0.29) is 15.5 Å². The van der Waals surface area contributed by atoms with Crippen LogP contribution < -0.4 is 5.14 Å². The van der Waals surface area contributed by atoms with Gasteiger partial charge in [0, 0.05) is 11.1 Å². The van der Waals surface area contributed by atoms with E-state index in [1.807, 2.05) is 13.8 Å². The summed E-state index contributed by atoms with van der Waals surface area (Å²) in [6, 6.07) is 17.3. The van der Waals surface area contributed by atoms with E-state index in [1.54, 1.807) is 48.5 Å². The zero-order valence-electron chi connectivity index (χ0n) is 16.8. The van der Waals surface area contributed by atoms with E-state index in [1.165, 1.54) is 12.1 Å². The fraction of sp³-hybridized carbons (Fsp3) is 0.130. The monoisotopic (exact) mass is 457 g/mol. The van der Waals surface area contributed by atoms with Crippen LogP contribution in [0.15, 0.2) is 71.6 Å². The van der Waals surface area contributed by atoms with Crippen molar-refractivity contribution in [2.45, 2.75) is 24.8 Å². The van der Waals surface area contributed by atoms with Crippen LogP contribution in [0.1, 0.15) is 43.5 Å². The molecule has 0 aliphatic heterocycles. The summed E-state index contributed by atoms with van der Waals surface area (Å²) < 4.78 is 28.8. The number of nitrogens with two attached hydrogens (primary N) is 1. The van der Waals surface area contributed by atoms with Crippen molar-refractivity contribution in [1.29, 1.82) is 0 Å². The van der Waals surface area contributed by atoms with Gasteiger partial charge in [0.15, 0.2) is 6.10 Å². The average Bonchev–Trinajstić information content (AvgIpc) is 2.72. The number of ketones is 1. The normalized spacial score (nSPS) is 12.3.